The normalized spacial score (nSPS) is 18.7. The first-order valence-electron chi connectivity index (χ1n) is 7.56. The Bertz CT molecular complexity index is 735. The van der Waals surface area contributed by atoms with Crippen molar-refractivity contribution in [2.75, 3.05) is 7.11 Å². The van der Waals surface area contributed by atoms with Gasteiger partial charge in [-0.3, -0.25) is 4.79 Å². The fourth-order valence-electron chi connectivity index (χ4n) is 3.01. The number of fused-ring (bicyclic) bond motifs is 1. The van der Waals surface area contributed by atoms with Crippen LogP contribution in [0.2, 0.25) is 0 Å². The first-order chi connectivity index (χ1) is 10.9. The standard InChI is InChI=1S/C19H19FO3/c1-19(2)11-16(18(21)12-4-6-13(20)7-5-12)15-9-8-14(22-3)10-17(15)23-19/h4-10,16H,11H2,1-3H3. The zero-order chi connectivity index (χ0) is 16.6. The van der Waals surface area contributed by atoms with Crippen LogP contribution >= 0.6 is 0 Å². The number of ether oxygens (including phenoxy) is 2. The summed E-state index contributed by atoms with van der Waals surface area (Å²) >= 11 is 0. The fraction of sp³-hybridized carbons (Fsp3) is 0.316. The molecule has 2 aromatic rings. The Labute approximate surface area is 135 Å². The van der Waals surface area contributed by atoms with Gasteiger partial charge in [0.2, 0.25) is 0 Å². The second kappa shape index (κ2) is 5.69. The maximum atomic E-state index is 13.1. The van der Waals surface area contributed by atoms with Crippen molar-refractivity contribution >= 4 is 5.78 Å². The lowest BCUT2D eigenvalue weighted by atomic mass is 9.80. The van der Waals surface area contributed by atoms with E-state index in [1.54, 1.807) is 13.2 Å². The van der Waals surface area contributed by atoms with Gasteiger partial charge in [-0.25, -0.2) is 4.39 Å². The van der Waals surface area contributed by atoms with Crippen molar-refractivity contribution in [3.8, 4) is 11.5 Å². The third-order valence-corrected chi connectivity index (χ3v) is 4.12. The number of hydrogen-bond donors (Lipinski definition) is 0. The quantitative estimate of drug-likeness (QED) is 0.790. The fourth-order valence-corrected chi connectivity index (χ4v) is 3.01. The lowest BCUT2D eigenvalue weighted by Gasteiger charge is -2.37. The van der Waals surface area contributed by atoms with Crippen molar-refractivity contribution in [3.05, 3.63) is 59.4 Å². The molecule has 2 aromatic carbocycles. The van der Waals surface area contributed by atoms with Crippen molar-refractivity contribution in [2.45, 2.75) is 31.8 Å². The second-order valence-corrected chi connectivity index (χ2v) is 6.39. The highest BCUT2D eigenvalue weighted by atomic mass is 19.1. The third kappa shape index (κ3) is 3.07. The van der Waals surface area contributed by atoms with Gasteiger partial charge in [0.05, 0.1) is 13.0 Å². The van der Waals surface area contributed by atoms with Gasteiger partial charge in [-0.05, 0) is 44.2 Å². The lowest BCUT2D eigenvalue weighted by Crippen LogP contribution is -2.37. The molecule has 0 radical (unpaired) electrons. The van der Waals surface area contributed by atoms with E-state index in [1.165, 1.54) is 24.3 Å². The largest absolute Gasteiger partial charge is 0.497 e. The molecular formula is C19H19FO3. The molecule has 1 heterocycles. The van der Waals surface area contributed by atoms with Gasteiger partial charge in [0, 0.05) is 23.6 Å². The maximum Gasteiger partial charge on any atom is 0.170 e. The van der Waals surface area contributed by atoms with Gasteiger partial charge in [0.25, 0.3) is 0 Å². The summed E-state index contributed by atoms with van der Waals surface area (Å²) in [5.74, 6) is 0.674. The van der Waals surface area contributed by atoms with Crippen LogP contribution in [-0.4, -0.2) is 18.5 Å². The predicted octanol–water partition coefficient (Wildman–Crippen LogP) is 4.36. The third-order valence-electron chi connectivity index (χ3n) is 4.12. The molecule has 0 bridgehead atoms. The smallest absolute Gasteiger partial charge is 0.170 e. The van der Waals surface area contributed by atoms with Gasteiger partial charge in [0.15, 0.2) is 5.78 Å². The average Bonchev–Trinajstić information content (AvgIpc) is 2.52. The second-order valence-electron chi connectivity index (χ2n) is 6.39. The van der Waals surface area contributed by atoms with E-state index >= 15 is 0 Å². The van der Waals surface area contributed by atoms with Crippen molar-refractivity contribution in [1.29, 1.82) is 0 Å². The molecule has 1 aliphatic rings. The molecule has 0 saturated heterocycles. The summed E-state index contributed by atoms with van der Waals surface area (Å²) in [6, 6.07) is 11.2. The summed E-state index contributed by atoms with van der Waals surface area (Å²) in [7, 11) is 1.59. The topological polar surface area (TPSA) is 35.5 Å². The number of halogens is 1. The molecule has 0 saturated carbocycles. The maximum absolute atomic E-state index is 13.1. The molecule has 1 aliphatic heterocycles. The Morgan fingerprint density at radius 2 is 1.91 bits per heavy atom. The minimum atomic E-state index is -0.459. The zero-order valence-electron chi connectivity index (χ0n) is 13.4. The number of methoxy groups -OCH3 is 1. The van der Waals surface area contributed by atoms with Crippen LogP contribution in [0.1, 0.15) is 42.1 Å². The van der Waals surface area contributed by atoms with E-state index in [4.69, 9.17) is 9.47 Å². The molecule has 4 heteroatoms. The highest BCUT2D eigenvalue weighted by Crippen LogP contribution is 2.43. The molecule has 3 rings (SSSR count). The van der Waals surface area contributed by atoms with E-state index in [-0.39, 0.29) is 17.5 Å². The molecule has 0 spiro atoms. The van der Waals surface area contributed by atoms with E-state index in [2.05, 4.69) is 0 Å². The Morgan fingerprint density at radius 1 is 1.22 bits per heavy atom. The van der Waals surface area contributed by atoms with Gasteiger partial charge in [-0.15, -0.1) is 0 Å². The summed E-state index contributed by atoms with van der Waals surface area (Å²) in [6.07, 6.45) is 0.572. The van der Waals surface area contributed by atoms with Gasteiger partial charge in [-0.2, -0.15) is 0 Å². The molecule has 1 atom stereocenters. The average molecular weight is 314 g/mol. The van der Waals surface area contributed by atoms with Crippen LogP contribution in [0.15, 0.2) is 42.5 Å². The zero-order valence-corrected chi connectivity index (χ0v) is 13.4. The number of carbonyl (C=O) groups is 1. The Kier molecular flexibility index (Phi) is 3.84. The molecule has 0 aromatic heterocycles. The van der Waals surface area contributed by atoms with Crippen molar-refractivity contribution in [1.82, 2.24) is 0 Å². The molecule has 3 nitrogen and oxygen atoms in total. The lowest BCUT2D eigenvalue weighted by molar-refractivity contribution is 0.0616. The number of rotatable bonds is 3. The number of Topliss-reactive ketones (excluding diaryl/α,β-unsaturated/α-hetero) is 1. The molecule has 0 amide bonds. The molecule has 23 heavy (non-hydrogen) atoms. The summed E-state index contributed by atoms with van der Waals surface area (Å²) < 4.78 is 24.3. The van der Waals surface area contributed by atoms with Crippen molar-refractivity contribution in [3.63, 3.8) is 0 Å². The van der Waals surface area contributed by atoms with Gasteiger partial charge in [0.1, 0.15) is 22.9 Å². The van der Waals surface area contributed by atoms with E-state index in [9.17, 15) is 9.18 Å². The van der Waals surface area contributed by atoms with Crippen molar-refractivity contribution in [2.24, 2.45) is 0 Å². The predicted molar refractivity (Wildman–Crippen MR) is 85.8 cm³/mol. The van der Waals surface area contributed by atoms with Crippen LogP contribution < -0.4 is 9.47 Å². The first-order valence-corrected chi connectivity index (χ1v) is 7.56. The van der Waals surface area contributed by atoms with Gasteiger partial charge < -0.3 is 9.47 Å². The van der Waals surface area contributed by atoms with Crippen LogP contribution in [-0.2, 0) is 0 Å². The number of hydrogen-bond acceptors (Lipinski definition) is 3. The minimum absolute atomic E-state index is 0.0206. The molecule has 1 unspecified atom stereocenters. The van der Waals surface area contributed by atoms with E-state index in [1.807, 2.05) is 26.0 Å². The van der Waals surface area contributed by atoms with Gasteiger partial charge >= 0.3 is 0 Å². The van der Waals surface area contributed by atoms with Crippen LogP contribution in [0, 0.1) is 5.82 Å². The number of carbonyl (C=O) groups excluding carboxylic acids is 1. The molecule has 0 fully saturated rings. The molecule has 120 valence electrons. The molecule has 0 N–H and O–H groups in total. The van der Waals surface area contributed by atoms with E-state index < -0.39 is 5.60 Å². The van der Waals surface area contributed by atoms with Crippen LogP contribution in [0.4, 0.5) is 4.39 Å². The Hall–Kier alpha value is -2.36. The Balaban J connectivity index is 2.02. The van der Waals surface area contributed by atoms with Crippen LogP contribution in [0.3, 0.4) is 0 Å². The minimum Gasteiger partial charge on any atom is -0.497 e. The number of ketones is 1. The molecular weight excluding hydrogens is 295 g/mol. The Morgan fingerprint density at radius 3 is 2.57 bits per heavy atom. The van der Waals surface area contributed by atoms with E-state index in [0.29, 0.717) is 23.5 Å². The van der Waals surface area contributed by atoms with Gasteiger partial charge in [-0.1, -0.05) is 6.07 Å². The summed E-state index contributed by atoms with van der Waals surface area (Å²) in [5.41, 5.74) is 0.898. The first kappa shape index (κ1) is 15.5. The van der Waals surface area contributed by atoms with Crippen LogP contribution in [0.5, 0.6) is 11.5 Å². The van der Waals surface area contributed by atoms with Crippen molar-refractivity contribution < 1.29 is 18.7 Å². The molecule has 0 aliphatic carbocycles. The summed E-state index contributed by atoms with van der Waals surface area (Å²) in [5, 5.41) is 0. The summed E-state index contributed by atoms with van der Waals surface area (Å²) in [4.78, 5) is 12.9. The van der Waals surface area contributed by atoms with Crippen LogP contribution in [0.25, 0.3) is 0 Å². The SMILES string of the molecule is COc1ccc2c(c1)OC(C)(C)CC2C(=O)c1ccc(F)cc1. The highest BCUT2D eigenvalue weighted by Gasteiger charge is 2.38. The number of benzene rings is 2. The highest BCUT2D eigenvalue weighted by molar-refractivity contribution is 6.01. The monoisotopic (exact) mass is 314 g/mol. The summed E-state index contributed by atoms with van der Waals surface area (Å²) in [6.45, 7) is 3.92. The van der Waals surface area contributed by atoms with E-state index in [0.717, 1.165) is 5.56 Å².